The third-order valence-electron chi connectivity index (χ3n) is 1.79. The second kappa shape index (κ2) is 2.37. The maximum atomic E-state index is 5.77. The zero-order valence-corrected chi connectivity index (χ0v) is 6.54. The number of fused-ring (bicyclic) bond motifs is 1. The monoisotopic (exact) mass is 159 g/mol. The maximum absolute atomic E-state index is 5.77. The van der Waals surface area contributed by atoms with Crippen molar-refractivity contribution in [3.63, 3.8) is 0 Å². The van der Waals surface area contributed by atoms with Crippen molar-refractivity contribution in [3.8, 4) is 0 Å². The summed E-state index contributed by atoms with van der Waals surface area (Å²) in [6, 6.07) is 3.72. The Balaban J connectivity index is 2.83. The van der Waals surface area contributed by atoms with Gasteiger partial charge in [0, 0.05) is 17.3 Å². The number of hydrogen-bond acceptors (Lipinski definition) is 2. The number of H-pyrrole nitrogens is 1. The molecule has 3 N–H and O–H groups in total. The second-order valence-electron chi connectivity index (χ2n) is 2.58. The van der Waals surface area contributed by atoms with Gasteiger partial charge in [0.15, 0.2) is 0 Å². The van der Waals surface area contributed by atoms with Crippen LogP contribution in [-0.2, 0) is 0 Å². The number of rotatable bonds is 1. The third kappa shape index (κ3) is 0.871. The maximum Gasteiger partial charge on any atom is 0.140 e. The molecule has 3 nitrogen and oxygen atoms in total. The molecule has 0 aliphatic heterocycles. The third-order valence-corrected chi connectivity index (χ3v) is 1.79. The first-order chi connectivity index (χ1) is 5.81. The first kappa shape index (κ1) is 6.91. The van der Waals surface area contributed by atoms with Crippen LogP contribution in [-0.4, -0.2) is 9.97 Å². The normalized spacial score (nSPS) is 10.3. The lowest BCUT2D eigenvalue weighted by atomic mass is 10.2. The summed E-state index contributed by atoms with van der Waals surface area (Å²) in [7, 11) is 0. The van der Waals surface area contributed by atoms with Gasteiger partial charge in [0.05, 0.1) is 5.69 Å². The number of pyridine rings is 1. The molecule has 3 heteroatoms. The molecule has 0 bridgehead atoms. The highest BCUT2D eigenvalue weighted by molar-refractivity contribution is 5.89. The summed E-state index contributed by atoms with van der Waals surface area (Å²) >= 11 is 0. The van der Waals surface area contributed by atoms with Crippen LogP contribution in [0.25, 0.3) is 17.1 Å². The molecule has 0 saturated carbocycles. The molecule has 2 heterocycles. The van der Waals surface area contributed by atoms with E-state index in [1.807, 2.05) is 18.3 Å². The van der Waals surface area contributed by atoms with Crippen LogP contribution in [0.3, 0.4) is 0 Å². The Morgan fingerprint density at radius 2 is 2.42 bits per heavy atom. The van der Waals surface area contributed by atoms with Gasteiger partial charge in [0.2, 0.25) is 0 Å². The van der Waals surface area contributed by atoms with Gasteiger partial charge in [-0.3, -0.25) is 0 Å². The van der Waals surface area contributed by atoms with E-state index >= 15 is 0 Å². The van der Waals surface area contributed by atoms with Crippen molar-refractivity contribution < 1.29 is 0 Å². The van der Waals surface area contributed by atoms with Crippen molar-refractivity contribution in [3.05, 3.63) is 30.6 Å². The number of aromatic nitrogens is 2. The Kier molecular flexibility index (Phi) is 1.37. The lowest BCUT2D eigenvalue weighted by Gasteiger charge is -1.97. The molecule has 0 aliphatic rings. The first-order valence-corrected chi connectivity index (χ1v) is 3.67. The topological polar surface area (TPSA) is 54.7 Å². The fraction of sp³-hybridized carbons (Fsp3) is 0. The van der Waals surface area contributed by atoms with Crippen molar-refractivity contribution in [2.45, 2.75) is 0 Å². The average Bonchev–Trinajstić information content (AvgIpc) is 2.52. The van der Waals surface area contributed by atoms with E-state index in [0.717, 1.165) is 22.4 Å². The Bertz CT molecular complexity index is 428. The fourth-order valence-electron chi connectivity index (χ4n) is 1.19. The quantitative estimate of drug-likeness (QED) is 0.666. The van der Waals surface area contributed by atoms with Gasteiger partial charge in [-0.2, -0.15) is 0 Å². The smallest absolute Gasteiger partial charge is 0.140 e. The van der Waals surface area contributed by atoms with Crippen molar-refractivity contribution in [2.24, 2.45) is 0 Å². The van der Waals surface area contributed by atoms with Gasteiger partial charge >= 0.3 is 0 Å². The lowest BCUT2D eigenvalue weighted by Crippen LogP contribution is -1.89. The molecule has 0 aliphatic carbocycles. The van der Waals surface area contributed by atoms with E-state index in [9.17, 15) is 0 Å². The predicted octanol–water partition coefficient (Wildman–Crippen LogP) is 1.79. The molecule has 0 spiro atoms. The van der Waals surface area contributed by atoms with E-state index in [4.69, 9.17) is 5.73 Å². The summed E-state index contributed by atoms with van der Waals surface area (Å²) in [6.45, 7) is 3.63. The highest BCUT2D eigenvalue weighted by atomic mass is 14.9. The molecule has 2 rings (SSSR count). The number of hydrogen-bond donors (Lipinski definition) is 2. The lowest BCUT2D eigenvalue weighted by molar-refractivity contribution is 1.30. The molecule has 0 amide bonds. The van der Waals surface area contributed by atoms with Crippen LogP contribution in [0, 0.1) is 0 Å². The summed E-state index contributed by atoms with van der Waals surface area (Å²) in [5.74, 6) is 0. The SMILES string of the molecule is C=Cc1cc(N)c2cc[nH]c2n1. The minimum absolute atomic E-state index is 0.733. The van der Waals surface area contributed by atoms with Gasteiger partial charge in [-0.15, -0.1) is 0 Å². The molecule has 2 aromatic heterocycles. The van der Waals surface area contributed by atoms with E-state index in [1.165, 1.54) is 0 Å². The largest absolute Gasteiger partial charge is 0.398 e. The van der Waals surface area contributed by atoms with Gasteiger partial charge in [0.25, 0.3) is 0 Å². The summed E-state index contributed by atoms with van der Waals surface area (Å²) in [5, 5.41) is 0.959. The van der Waals surface area contributed by atoms with Gasteiger partial charge in [-0.05, 0) is 18.2 Å². The summed E-state index contributed by atoms with van der Waals surface area (Å²) in [4.78, 5) is 7.26. The van der Waals surface area contributed by atoms with Crippen molar-refractivity contribution in [1.82, 2.24) is 9.97 Å². The number of anilines is 1. The van der Waals surface area contributed by atoms with Crippen LogP contribution in [0.2, 0.25) is 0 Å². The molecule has 2 aromatic rings. The summed E-state index contributed by atoms with van der Waals surface area (Å²) in [5.41, 5.74) is 8.11. The molecule has 0 saturated heterocycles. The first-order valence-electron chi connectivity index (χ1n) is 3.67. The fourth-order valence-corrected chi connectivity index (χ4v) is 1.19. The number of nitrogens with zero attached hydrogens (tertiary/aromatic N) is 1. The Labute approximate surface area is 69.9 Å². The van der Waals surface area contributed by atoms with Crippen molar-refractivity contribution in [2.75, 3.05) is 5.73 Å². The van der Waals surface area contributed by atoms with Gasteiger partial charge < -0.3 is 10.7 Å². The van der Waals surface area contributed by atoms with Gasteiger partial charge in [0.1, 0.15) is 5.65 Å². The van der Waals surface area contributed by atoms with Crippen LogP contribution in [0.1, 0.15) is 5.69 Å². The molecular formula is C9H9N3. The van der Waals surface area contributed by atoms with Gasteiger partial charge in [-0.1, -0.05) is 6.58 Å². The number of aromatic amines is 1. The number of nitrogens with one attached hydrogen (secondary N) is 1. The minimum atomic E-state index is 0.733. The van der Waals surface area contributed by atoms with E-state index in [2.05, 4.69) is 16.5 Å². The highest BCUT2D eigenvalue weighted by Crippen LogP contribution is 2.19. The predicted molar refractivity (Wildman–Crippen MR) is 50.6 cm³/mol. The van der Waals surface area contributed by atoms with Gasteiger partial charge in [-0.25, -0.2) is 4.98 Å². The van der Waals surface area contributed by atoms with E-state index in [1.54, 1.807) is 6.08 Å². The zero-order chi connectivity index (χ0) is 8.55. The van der Waals surface area contributed by atoms with Crippen molar-refractivity contribution >= 4 is 22.8 Å². The molecule has 0 unspecified atom stereocenters. The van der Waals surface area contributed by atoms with Crippen LogP contribution < -0.4 is 5.73 Å². The Morgan fingerprint density at radius 3 is 3.17 bits per heavy atom. The molecule has 60 valence electrons. The van der Waals surface area contributed by atoms with Crippen LogP contribution >= 0.6 is 0 Å². The minimum Gasteiger partial charge on any atom is -0.398 e. The van der Waals surface area contributed by atoms with E-state index < -0.39 is 0 Å². The average molecular weight is 159 g/mol. The summed E-state index contributed by atoms with van der Waals surface area (Å²) < 4.78 is 0. The standard InChI is InChI=1S/C9H9N3/c1-2-6-5-8(10)7-3-4-11-9(7)12-6/h2-5H,1H2,(H3,10,11,12). The molecule has 0 radical (unpaired) electrons. The molecule has 0 atom stereocenters. The van der Waals surface area contributed by atoms with E-state index in [-0.39, 0.29) is 0 Å². The molecule has 0 aromatic carbocycles. The number of nitrogens with two attached hydrogens (primary N) is 1. The highest BCUT2D eigenvalue weighted by Gasteiger charge is 2.00. The zero-order valence-electron chi connectivity index (χ0n) is 6.54. The molecular weight excluding hydrogens is 150 g/mol. The van der Waals surface area contributed by atoms with E-state index in [0.29, 0.717) is 0 Å². The van der Waals surface area contributed by atoms with Crippen LogP contribution in [0.15, 0.2) is 24.9 Å². The molecule has 12 heavy (non-hydrogen) atoms. The number of nitrogen functional groups attached to an aromatic ring is 1. The van der Waals surface area contributed by atoms with Crippen molar-refractivity contribution in [1.29, 1.82) is 0 Å². The van der Waals surface area contributed by atoms with Crippen LogP contribution in [0.4, 0.5) is 5.69 Å². The Hall–Kier alpha value is -1.77. The molecule has 0 fully saturated rings. The van der Waals surface area contributed by atoms with Crippen LogP contribution in [0.5, 0.6) is 0 Å². The Morgan fingerprint density at radius 1 is 1.58 bits per heavy atom. The second-order valence-corrected chi connectivity index (χ2v) is 2.58. The summed E-state index contributed by atoms with van der Waals surface area (Å²) in [6.07, 6.45) is 3.50.